The van der Waals surface area contributed by atoms with E-state index in [9.17, 15) is 9.59 Å². The highest BCUT2D eigenvalue weighted by Gasteiger charge is 2.20. The fourth-order valence-corrected chi connectivity index (χ4v) is 4.93. The molecule has 4 aromatic heterocycles. The van der Waals surface area contributed by atoms with Crippen molar-refractivity contribution >= 4 is 43.5 Å². The zero-order valence-electron chi connectivity index (χ0n) is 18.0. The smallest absolute Gasteiger partial charge is 0.347 e. The number of aryl methyl sites for hydroxylation is 3. The van der Waals surface area contributed by atoms with E-state index in [0.29, 0.717) is 27.5 Å². The Balaban J connectivity index is 1.63. The molecule has 6 rings (SSSR count). The van der Waals surface area contributed by atoms with Crippen LogP contribution in [0.15, 0.2) is 67.0 Å². The SMILES string of the molecule is Cc1cc(-c2cc3c(=O)oc4cc(C)c(C)cc4c3oc2=O)n(-c2nc3ccccc3s2)n1. The normalized spacial score (nSPS) is 11.7. The lowest BCUT2D eigenvalue weighted by molar-refractivity contribution is 0.543. The summed E-state index contributed by atoms with van der Waals surface area (Å²) in [5.41, 5.74) is 3.76. The molecule has 6 aromatic rings. The lowest BCUT2D eigenvalue weighted by Crippen LogP contribution is -2.10. The highest BCUT2D eigenvalue weighted by molar-refractivity contribution is 7.20. The number of nitrogens with zero attached hydrogens (tertiary/aromatic N) is 3. The van der Waals surface area contributed by atoms with Crippen LogP contribution in [0.25, 0.3) is 48.5 Å². The molecule has 8 heteroatoms. The Hall–Kier alpha value is -4.04. The Morgan fingerprint density at radius 2 is 1.67 bits per heavy atom. The summed E-state index contributed by atoms with van der Waals surface area (Å²) in [6.45, 7) is 5.73. The first-order valence-electron chi connectivity index (χ1n) is 10.3. The molecule has 2 aromatic carbocycles. The zero-order chi connectivity index (χ0) is 22.9. The Morgan fingerprint density at radius 3 is 2.48 bits per heavy atom. The van der Waals surface area contributed by atoms with Crippen molar-refractivity contribution in [1.29, 1.82) is 0 Å². The predicted octanol–water partition coefficient (Wildman–Crippen LogP) is 5.29. The first kappa shape index (κ1) is 19.6. The first-order chi connectivity index (χ1) is 15.9. The molecule has 162 valence electrons. The van der Waals surface area contributed by atoms with Crippen LogP contribution in [0.1, 0.15) is 16.8 Å². The van der Waals surface area contributed by atoms with Gasteiger partial charge in [-0.1, -0.05) is 23.5 Å². The van der Waals surface area contributed by atoms with Crippen LogP contribution in [0.3, 0.4) is 0 Å². The molecule has 0 saturated heterocycles. The quantitative estimate of drug-likeness (QED) is 0.260. The maximum atomic E-state index is 13.1. The second-order valence-corrected chi connectivity index (χ2v) is 9.07. The van der Waals surface area contributed by atoms with E-state index >= 15 is 0 Å². The molecule has 0 fully saturated rings. The Labute approximate surface area is 190 Å². The lowest BCUT2D eigenvalue weighted by Gasteiger charge is -2.07. The molecule has 0 radical (unpaired) electrons. The van der Waals surface area contributed by atoms with Crippen LogP contribution in [-0.2, 0) is 0 Å². The maximum Gasteiger partial charge on any atom is 0.347 e. The largest absolute Gasteiger partial charge is 0.422 e. The summed E-state index contributed by atoms with van der Waals surface area (Å²) in [7, 11) is 0. The Bertz CT molecular complexity index is 1820. The van der Waals surface area contributed by atoms with Crippen LogP contribution in [0, 0.1) is 20.8 Å². The van der Waals surface area contributed by atoms with Gasteiger partial charge in [0.15, 0.2) is 5.58 Å². The van der Waals surface area contributed by atoms with Crippen LogP contribution < -0.4 is 11.3 Å². The average molecular weight is 455 g/mol. The molecule has 0 N–H and O–H groups in total. The van der Waals surface area contributed by atoms with E-state index in [1.54, 1.807) is 16.8 Å². The van der Waals surface area contributed by atoms with Gasteiger partial charge in [-0.05, 0) is 68.3 Å². The third-order valence-corrected chi connectivity index (χ3v) is 6.79. The van der Waals surface area contributed by atoms with Gasteiger partial charge in [0.05, 0.1) is 32.6 Å². The minimum Gasteiger partial charge on any atom is -0.422 e. The van der Waals surface area contributed by atoms with Crippen LogP contribution in [0.2, 0.25) is 0 Å². The van der Waals surface area contributed by atoms with Crippen molar-refractivity contribution in [3.8, 4) is 16.4 Å². The summed E-state index contributed by atoms with van der Waals surface area (Å²) in [6.07, 6.45) is 0. The van der Waals surface area contributed by atoms with Gasteiger partial charge < -0.3 is 8.83 Å². The summed E-state index contributed by atoms with van der Waals surface area (Å²) in [5, 5.41) is 5.96. The molecule has 7 nitrogen and oxygen atoms in total. The molecule has 0 bridgehead atoms. The monoisotopic (exact) mass is 455 g/mol. The summed E-state index contributed by atoms with van der Waals surface area (Å²) < 4.78 is 13.9. The van der Waals surface area contributed by atoms with E-state index in [4.69, 9.17) is 8.83 Å². The summed E-state index contributed by atoms with van der Waals surface area (Å²) in [6, 6.07) is 14.7. The molecule has 0 amide bonds. The van der Waals surface area contributed by atoms with Crippen LogP contribution in [0.5, 0.6) is 0 Å². The molecule has 4 heterocycles. The van der Waals surface area contributed by atoms with Gasteiger partial charge >= 0.3 is 11.3 Å². The predicted molar refractivity (Wildman–Crippen MR) is 128 cm³/mol. The van der Waals surface area contributed by atoms with E-state index in [1.165, 1.54) is 17.4 Å². The fourth-order valence-electron chi connectivity index (χ4n) is 4.00. The van der Waals surface area contributed by atoms with Crippen LogP contribution in [-0.4, -0.2) is 14.8 Å². The molecule has 0 saturated carbocycles. The number of hydrogen-bond acceptors (Lipinski definition) is 7. The van der Waals surface area contributed by atoms with Gasteiger partial charge in [-0.15, -0.1) is 0 Å². The summed E-state index contributed by atoms with van der Waals surface area (Å²) in [5.74, 6) is 0. The molecular weight excluding hydrogens is 438 g/mol. The van der Waals surface area contributed by atoms with Gasteiger partial charge in [0.25, 0.3) is 0 Å². The molecule has 0 unspecified atom stereocenters. The number of rotatable bonds is 2. The number of thiazole rings is 1. The zero-order valence-corrected chi connectivity index (χ0v) is 18.8. The number of para-hydroxylation sites is 1. The van der Waals surface area contributed by atoms with Gasteiger partial charge in [-0.2, -0.15) is 5.10 Å². The third kappa shape index (κ3) is 3.02. The lowest BCUT2D eigenvalue weighted by atomic mass is 10.0. The number of fused-ring (bicyclic) bond motifs is 4. The molecule has 0 atom stereocenters. The number of hydrogen-bond donors (Lipinski definition) is 0. The van der Waals surface area contributed by atoms with Crippen molar-refractivity contribution in [3.63, 3.8) is 0 Å². The fraction of sp³-hybridized carbons (Fsp3) is 0.120. The topological polar surface area (TPSA) is 91.1 Å². The van der Waals surface area contributed by atoms with E-state index < -0.39 is 11.3 Å². The van der Waals surface area contributed by atoms with Gasteiger partial charge in [0.1, 0.15) is 11.0 Å². The van der Waals surface area contributed by atoms with Gasteiger partial charge in [-0.25, -0.2) is 19.3 Å². The second-order valence-electron chi connectivity index (χ2n) is 8.06. The van der Waals surface area contributed by atoms with E-state index in [-0.39, 0.29) is 16.5 Å². The van der Waals surface area contributed by atoms with Crippen molar-refractivity contribution in [2.24, 2.45) is 0 Å². The van der Waals surface area contributed by atoms with Gasteiger partial charge in [0.2, 0.25) is 5.13 Å². The maximum absolute atomic E-state index is 13.1. The summed E-state index contributed by atoms with van der Waals surface area (Å²) in [4.78, 5) is 30.6. The molecule has 0 aliphatic heterocycles. The third-order valence-electron chi connectivity index (χ3n) is 5.78. The highest BCUT2D eigenvalue weighted by atomic mass is 32.1. The second kappa shape index (κ2) is 6.98. The minimum atomic E-state index is -0.562. The van der Waals surface area contributed by atoms with E-state index in [1.807, 2.05) is 51.1 Å². The molecule has 0 aliphatic rings. The number of aromatic nitrogens is 3. The molecule has 33 heavy (non-hydrogen) atoms. The Morgan fingerprint density at radius 1 is 0.879 bits per heavy atom. The molecular formula is C25H17N3O4S. The minimum absolute atomic E-state index is 0.204. The molecule has 0 spiro atoms. The van der Waals surface area contributed by atoms with Gasteiger partial charge in [0, 0.05) is 0 Å². The van der Waals surface area contributed by atoms with Crippen molar-refractivity contribution in [2.45, 2.75) is 20.8 Å². The summed E-state index contributed by atoms with van der Waals surface area (Å²) >= 11 is 1.47. The average Bonchev–Trinajstić information content (AvgIpc) is 3.38. The van der Waals surface area contributed by atoms with Gasteiger partial charge in [-0.3, -0.25) is 0 Å². The van der Waals surface area contributed by atoms with E-state index in [0.717, 1.165) is 21.3 Å². The van der Waals surface area contributed by atoms with E-state index in [2.05, 4.69) is 10.1 Å². The highest BCUT2D eigenvalue weighted by Crippen LogP contribution is 2.31. The van der Waals surface area contributed by atoms with Crippen molar-refractivity contribution in [2.75, 3.05) is 0 Å². The number of benzene rings is 2. The van der Waals surface area contributed by atoms with Crippen LogP contribution in [0.4, 0.5) is 0 Å². The van der Waals surface area contributed by atoms with Crippen molar-refractivity contribution < 1.29 is 8.83 Å². The standard InChI is InChI=1S/C25H17N3O4S/c1-12-8-16-20(9-13(12)2)31-24(30)17-11-15(23(29)32-22(16)17)19-10-14(3)27-28(19)25-26-18-6-4-5-7-21(18)33-25/h4-11H,1-3H3. The van der Waals surface area contributed by atoms with Crippen LogP contribution >= 0.6 is 11.3 Å². The van der Waals surface area contributed by atoms with Crippen molar-refractivity contribution in [3.05, 3.63) is 86.2 Å². The van der Waals surface area contributed by atoms with Crippen molar-refractivity contribution in [1.82, 2.24) is 14.8 Å². The first-order valence-corrected chi connectivity index (χ1v) is 11.2. The Kier molecular flexibility index (Phi) is 4.15. The molecule has 0 aliphatic carbocycles.